The van der Waals surface area contributed by atoms with Crippen LogP contribution < -0.4 is 4.90 Å². The average Bonchev–Trinajstić information content (AvgIpc) is 3.15. The molecule has 1 aliphatic rings. The number of thiazole rings is 1. The fourth-order valence-corrected chi connectivity index (χ4v) is 5.25. The fraction of sp³-hybridized carbons (Fsp3) is 0.333. The van der Waals surface area contributed by atoms with Gasteiger partial charge in [-0.05, 0) is 30.7 Å². The Morgan fingerprint density at radius 1 is 1.07 bits per heavy atom. The minimum Gasteiger partial charge on any atom is -0.345 e. The van der Waals surface area contributed by atoms with Gasteiger partial charge < -0.3 is 9.80 Å². The minimum absolute atomic E-state index is 0.262. The van der Waals surface area contributed by atoms with Gasteiger partial charge in [0, 0.05) is 43.2 Å². The summed E-state index contributed by atoms with van der Waals surface area (Å²) < 4.78 is 1.24. The molecule has 27 heavy (non-hydrogen) atoms. The Balaban J connectivity index is 1.29. The third-order valence-electron chi connectivity index (χ3n) is 4.84. The van der Waals surface area contributed by atoms with Gasteiger partial charge in [-0.2, -0.15) is 0 Å². The zero-order valence-corrected chi connectivity index (χ0v) is 17.1. The molecular formula is C21H23N3OS2. The van der Waals surface area contributed by atoms with Crippen molar-refractivity contribution in [2.45, 2.75) is 18.2 Å². The summed E-state index contributed by atoms with van der Waals surface area (Å²) in [6.45, 7) is 5.39. The Morgan fingerprint density at radius 2 is 1.85 bits per heavy atom. The highest BCUT2D eigenvalue weighted by atomic mass is 32.2. The number of nitrogens with zero attached hydrogens (tertiary/aromatic N) is 3. The van der Waals surface area contributed by atoms with E-state index in [9.17, 15) is 4.79 Å². The number of aryl methyl sites for hydroxylation is 1. The van der Waals surface area contributed by atoms with Gasteiger partial charge in [0.1, 0.15) is 0 Å². The van der Waals surface area contributed by atoms with Gasteiger partial charge in [-0.3, -0.25) is 4.79 Å². The number of hydrogen-bond donors (Lipinski definition) is 0. The Labute approximate surface area is 168 Å². The normalized spacial score (nSPS) is 14.7. The van der Waals surface area contributed by atoms with Crippen molar-refractivity contribution < 1.29 is 4.79 Å². The number of benzene rings is 2. The van der Waals surface area contributed by atoms with Crippen LogP contribution >= 0.6 is 23.1 Å². The number of carbonyl (C=O) groups is 1. The van der Waals surface area contributed by atoms with Crippen LogP contribution in [0.3, 0.4) is 0 Å². The summed E-state index contributed by atoms with van der Waals surface area (Å²) >= 11 is 3.49. The number of aromatic nitrogens is 1. The molecule has 140 valence electrons. The number of thioether (sulfide) groups is 1. The van der Waals surface area contributed by atoms with Crippen molar-refractivity contribution >= 4 is 44.4 Å². The first-order chi connectivity index (χ1) is 13.2. The minimum atomic E-state index is 0.262. The SMILES string of the molecule is Cc1cccc2sc(N3CCN(C(=O)CCSc4ccccc4)CC3)nc12. The maximum Gasteiger partial charge on any atom is 0.223 e. The van der Waals surface area contributed by atoms with Crippen molar-refractivity contribution in [2.24, 2.45) is 0 Å². The quantitative estimate of drug-likeness (QED) is 0.597. The third kappa shape index (κ3) is 4.28. The highest BCUT2D eigenvalue weighted by molar-refractivity contribution is 7.99. The summed E-state index contributed by atoms with van der Waals surface area (Å²) in [6, 6.07) is 16.6. The van der Waals surface area contributed by atoms with Gasteiger partial charge in [0.15, 0.2) is 5.13 Å². The number of carbonyl (C=O) groups excluding carboxylic acids is 1. The summed E-state index contributed by atoms with van der Waals surface area (Å²) in [6.07, 6.45) is 0.597. The first kappa shape index (κ1) is 18.3. The molecule has 2 aromatic carbocycles. The zero-order valence-electron chi connectivity index (χ0n) is 15.4. The fourth-order valence-electron chi connectivity index (χ4n) is 3.29. The van der Waals surface area contributed by atoms with E-state index >= 15 is 0 Å². The van der Waals surface area contributed by atoms with Gasteiger partial charge >= 0.3 is 0 Å². The van der Waals surface area contributed by atoms with Gasteiger partial charge in [-0.25, -0.2) is 4.98 Å². The molecule has 0 N–H and O–H groups in total. The molecule has 4 nitrogen and oxygen atoms in total. The lowest BCUT2D eigenvalue weighted by molar-refractivity contribution is -0.131. The number of anilines is 1. The lowest BCUT2D eigenvalue weighted by Crippen LogP contribution is -2.48. The van der Waals surface area contributed by atoms with Crippen molar-refractivity contribution in [1.82, 2.24) is 9.88 Å². The summed E-state index contributed by atoms with van der Waals surface area (Å²) in [4.78, 5) is 22.9. The van der Waals surface area contributed by atoms with Crippen LogP contribution in [0.1, 0.15) is 12.0 Å². The van der Waals surface area contributed by atoms with Crippen LogP contribution in [0.25, 0.3) is 10.2 Å². The van der Waals surface area contributed by atoms with Gasteiger partial charge in [0.2, 0.25) is 5.91 Å². The third-order valence-corrected chi connectivity index (χ3v) is 6.94. The van der Waals surface area contributed by atoms with Crippen LogP contribution in [-0.2, 0) is 4.79 Å². The molecule has 0 spiro atoms. The zero-order chi connectivity index (χ0) is 18.6. The van der Waals surface area contributed by atoms with Gasteiger partial charge in [-0.15, -0.1) is 11.8 Å². The van der Waals surface area contributed by atoms with E-state index in [1.54, 1.807) is 23.1 Å². The molecule has 0 saturated carbocycles. The first-order valence-corrected chi connectivity index (χ1v) is 11.1. The molecule has 3 aromatic rings. The molecule has 4 rings (SSSR count). The first-order valence-electron chi connectivity index (χ1n) is 9.27. The van der Waals surface area contributed by atoms with Crippen LogP contribution in [0.4, 0.5) is 5.13 Å². The van der Waals surface area contributed by atoms with Crippen molar-refractivity contribution in [2.75, 3.05) is 36.8 Å². The van der Waals surface area contributed by atoms with E-state index in [4.69, 9.17) is 4.98 Å². The van der Waals surface area contributed by atoms with E-state index in [-0.39, 0.29) is 5.91 Å². The average molecular weight is 398 g/mol. The molecule has 1 saturated heterocycles. The number of rotatable bonds is 5. The van der Waals surface area contributed by atoms with E-state index in [1.165, 1.54) is 15.2 Å². The number of amides is 1. The number of para-hydroxylation sites is 1. The number of hydrogen-bond acceptors (Lipinski definition) is 5. The van der Waals surface area contributed by atoms with Crippen LogP contribution in [0.2, 0.25) is 0 Å². The Kier molecular flexibility index (Phi) is 5.64. The van der Waals surface area contributed by atoms with E-state index < -0.39 is 0 Å². The van der Waals surface area contributed by atoms with Gasteiger partial charge in [0.05, 0.1) is 10.2 Å². The molecule has 1 aromatic heterocycles. The molecule has 2 heterocycles. The van der Waals surface area contributed by atoms with Crippen molar-refractivity contribution in [1.29, 1.82) is 0 Å². The monoisotopic (exact) mass is 397 g/mol. The van der Waals surface area contributed by atoms with Crippen molar-refractivity contribution in [3.8, 4) is 0 Å². The molecular weight excluding hydrogens is 374 g/mol. The van der Waals surface area contributed by atoms with Crippen LogP contribution in [-0.4, -0.2) is 47.7 Å². The molecule has 1 amide bonds. The molecule has 0 bridgehead atoms. The standard InChI is InChI=1S/C21H23N3OS2/c1-16-6-5-9-18-20(16)22-21(27-18)24-13-11-23(12-14-24)19(25)10-15-26-17-7-3-2-4-8-17/h2-9H,10-15H2,1H3. The molecule has 1 fully saturated rings. The second kappa shape index (κ2) is 8.31. The van der Waals surface area contributed by atoms with Crippen LogP contribution in [0, 0.1) is 6.92 Å². The van der Waals surface area contributed by atoms with Crippen LogP contribution in [0.15, 0.2) is 53.4 Å². The molecule has 0 radical (unpaired) electrons. The van der Waals surface area contributed by atoms with E-state index in [2.05, 4.69) is 42.2 Å². The maximum absolute atomic E-state index is 12.5. The summed E-state index contributed by atoms with van der Waals surface area (Å²) in [7, 11) is 0. The Hall–Kier alpha value is -2.05. The lowest BCUT2D eigenvalue weighted by Gasteiger charge is -2.34. The molecule has 0 unspecified atom stereocenters. The Bertz CT molecular complexity index is 918. The van der Waals surface area contributed by atoms with Crippen molar-refractivity contribution in [3.05, 3.63) is 54.1 Å². The molecule has 0 atom stereocenters. The number of fused-ring (bicyclic) bond motifs is 1. The smallest absolute Gasteiger partial charge is 0.223 e. The van der Waals surface area contributed by atoms with Crippen LogP contribution in [0.5, 0.6) is 0 Å². The summed E-state index contributed by atoms with van der Waals surface area (Å²) in [5.74, 6) is 1.10. The predicted molar refractivity (Wildman–Crippen MR) is 115 cm³/mol. The van der Waals surface area contributed by atoms with Crippen molar-refractivity contribution in [3.63, 3.8) is 0 Å². The number of piperazine rings is 1. The van der Waals surface area contributed by atoms with E-state index in [1.807, 2.05) is 23.1 Å². The second-order valence-electron chi connectivity index (χ2n) is 6.70. The maximum atomic E-state index is 12.5. The van der Waals surface area contributed by atoms with E-state index in [0.717, 1.165) is 42.6 Å². The largest absolute Gasteiger partial charge is 0.345 e. The van der Waals surface area contributed by atoms with Gasteiger partial charge in [0.25, 0.3) is 0 Å². The van der Waals surface area contributed by atoms with Gasteiger partial charge in [-0.1, -0.05) is 41.7 Å². The topological polar surface area (TPSA) is 36.4 Å². The highest BCUT2D eigenvalue weighted by Gasteiger charge is 2.23. The molecule has 1 aliphatic heterocycles. The molecule has 0 aliphatic carbocycles. The highest BCUT2D eigenvalue weighted by Crippen LogP contribution is 2.31. The summed E-state index contributed by atoms with van der Waals surface area (Å²) in [5.41, 5.74) is 2.33. The van der Waals surface area contributed by atoms with E-state index in [0.29, 0.717) is 6.42 Å². The summed E-state index contributed by atoms with van der Waals surface area (Å²) in [5, 5.41) is 1.08. The second-order valence-corrected chi connectivity index (χ2v) is 8.87. The Morgan fingerprint density at radius 3 is 2.59 bits per heavy atom. The molecule has 6 heteroatoms. The lowest BCUT2D eigenvalue weighted by atomic mass is 10.2. The predicted octanol–water partition coefficient (Wildman–Crippen LogP) is 4.44.